The number of nitrogens with zero attached hydrogens (tertiary/aromatic N) is 1. The standard InChI is InChI=1S/C14H28N2O/c1-3-14(2,16-8-5-4-6-9-16)13(15)12-7-10-17-11-12/h12-13H,3-11,15H2,1-2H3. The normalized spacial score (nSPS) is 32.3. The van der Waals surface area contributed by atoms with E-state index in [2.05, 4.69) is 18.7 Å². The lowest BCUT2D eigenvalue weighted by Gasteiger charge is -2.48. The first-order valence-corrected chi connectivity index (χ1v) is 7.27. The molecule has 100 valence electrons. The molecule has 3 heteroatoms. The Balaban J connectivity index is 2.05. The molecule has 2 N–H and O–H groups in total. The van der Waals surface area contributed by atoms with Crippen LogP contribution in [0.2, 0.25) is 0 Å². The van der Waals surface area contributed by atoms with Crippen molar-refractivity contribution in [1.29, 1.82) is 0 Å². The summed E-state index contributed by atoms with van der Waals surface area (Å²) in [6.07, 6.45) is 6.35. The molecule has 2 heterocycles. The molecular formula is C14H28N2O. The summed E-state index contributed by atoms with van der Waals surface area (Å²) in [6.45, 7) is 8.87. The first-order chi connectivity index (χ1) is 8.18. The van der Waals surface area contributed by atoms with Crippen molar-refractivity contribution in [3.8, 4) is 0 Å². The molecule has 0 amide bonds. The van der Waals surface area contributed by atoms with Crippen LogP contribution in [0.3, 0.4) is 0 Å². The maximum atomic E-state index is 6.58. The lowest BCUT2D eigenvalue weighted by molar-refractivity contribution is 0.0341. The van der Waals surface area contributed by atoms with Gasteiger partial charge in [0.15, 0.2) is 0 Å². The van der Waals surface area contributed by atoms with Gasteiger partial charge >= 0.3 is 0 Å². The lowest BCUT2D eigenvalue weighted by Crippen LogP contribution is -2.61. The third-order valence-electron chi connectivity index (χ3n) is 4.99. The monoisotopic (exact) mass is 240 g/mol. The first-order valence-electron chi connectivity index (χ1n) is 7.27. The molecule has 17 heavy (non-hydrogen) atoms. The van der Waals surface area contributed by atoms with E-state index in [9.17, 15) is 0 Å². The number of nitrogens with two attached hydrogens (primary N) is 1. The zero-order valence-electron chi connectivity index (χ0n) is 11.5. The maximum absolute atomic E-state index is 6.58. The summed E-state index contributed by atoms with van der Waals surface area (Å²) in [7, 11) is 0. The Hall–Kier alpha value is -0.120. The first kappa shape index (κ1) is 13.3. The number of piperidine rings is 1. The minimum absolute atomic E-state index is 0.165. The van der Waals surface area contributed by atoms with Crippen LogP contribution >= 0.6 is 0 Å². The van der Waals surface area contributed by atoms with E-state index in [-0.39, 0.29) is 11.6 Å². The quantitative estimate of drug-likeness (QED) is 0.817. The highest BCUT2D eigenvalue weighted by atomic mass is 16.5. The Kier molecular flexibility index (Phi) is 4.45. The molecule has 0 aromatic rings. The molecule has 3 unspecified atom stereocenters. The van der Waals surface area contributed by atoms with Gasteiger partial charge in [-0.2, -0.15) is 0 Å². The molecule has 2 aliphatic rings. The van der Waals surface area contributed by atoms with Crippen molar-refractivity contribution in [3.63, 3.8) is 0 Å². The van der Waals surface area contributed by atoms with Crippen LogP contribution in [-0.4, -0.2) is 42.8 Å². The van der Waals surface area contributed by atoms with Crippen molar-refractivity contribution >= 4 is 0 Å². The van der Waals surface area contributed by atoms with Gasteiger partial charge in [0.25, 0.3) is 0 Å². The topological polar surface area (TPSA) is 38.5 Å². The van der Waals surface area contributed by atoms with E-state index in [4.69, 9.17) is 10.5 Å². The molecule has 2 saturated heterocycles. The molecule has 0 aromatic heterocycles. The highest BCUT2D eigenvalue weighted by molar-refractivity contribution is 4.99. The maximum Gasteiger partial charge on any atom is 0.0510 e. The summed E-state index contributed by atoms with van der Waals surface area (Å²) >= 11 is 0. The lowest BCUT2D eigenvalue weighted by atomic mass is 9.79. The Morgan fingerprint density at radius 1 is 1.35 bits per heavy atom. The van der Waals surface area contributed by atoms with Crippen molar-refractivity contribution in [1.82, 2.24) is 4.90 Å². The fraction of sp³-hybridized carbons (Fsp3) is 1.00. The Bertz CT molecular complexity index is 234. The van der Waals surface area contributed by atoms with E-state index in [1.807, 2.05) is 0 Å². The second-order valence-corrected chi connectivity index (χ2v) is 5.91. The number of hydrogen-bond donors (Lipinski definition) is 1. The number of hydrogen-bond acceptors (Lipinski definition) is 3. The van der Waals surface area contributed by atoms with Gasteiger partial charge in [-0.05, 0) is 45.7 Å². The number of ether oxygens (including phenoxy) is 1. The molecular weight excluding hydrogens is 212 g/mol. The molecule has 0 bridgehead atoms. The zero-order chi connectivity index (χ0) is 12.3. The predicted octanol–water partition coefficient (Wildman–Crippen LogP) is 2.00. The summed E-state index contributed by atoms with van der Waals surface area (Å²) < 4.78 is 5.51. The molecule has 0 spiro atoms. The molecule has 2 rings (SSSR count). The van der Waals surface area contributed by atoms with Crippen molar-refractivity contribution in [3.05, 3.63) is 0 Å². The molecule has 0 aliphatic carbocycles. The summed E-state index contributed by atoms with van der Waals surface area (Å²) in [5.74, 6) is 0.557. The molecule has 0 saturated carbocycles. The van der Waals surface area contributed by atoms with Crippen molar-refractivity contribution < 1.29 is 4.74 Å². The largest absolute Gasteiger partial charge is 0.381 e. The van der Waals surface area contributed by atoms with Crippen LogP contribution in [0.5, 0.6) is 0 Å². The van der Waals surface area contributed by atoms with Gasteiger partial charge in [0, 0.05) is 24.1 Å². The summed E-state index contributed by atoms with van der Waals surface area (Å²) in [5, 5.41) is 0. The second kappa shape index (κ2) is 5.68. The summed E-state index contributed by atoms with van der Waals surface area (Å²) in [4.78, 5) is 2.64. The molecule has 3 nitrogen and oxygen atoms in total. The van der Waals surface area contributed by atoms with Crippen molar-refractivity contribution in [2.24, 2.45) is 11.7 Å². The third kappa shape index (κ3) is 2.67. The average molecular weight is 240 g/mol. The number of likely N-dealkylation sites (tertiary alicyclic amines) is 1. The smallest absolute Gasteiger partial charge is 0.0510 e. The van der Waals surface area contributed by atoms with Gasteiger partial charge in [-0.15, -0.1) is 0 Å². The van der Waals surface area contributed by atoms with Crippen LogP contribution in [0.15, 0.2) is 0 Å². The third-order valence-corrected chi connectivity index (χ3v) is 4.99. The molecule has 0 aromatic carbocycles. The summed E-state index contributed by atoms with van der Waals surface area (Å²) in [5.41, 5.74) is 6.74. The molecule has 3 atom stereocenters. The van der Waals surface area contributed by atoms with Crippen LogP contribution in [0.4, 0.5) is 0 Å². The van der Waals surface area contributed by atoms with E-state index < -0.39 is 0 Å². The van der Waals surface area contributed by atoms with Gasteiger partial charge in [0.2, 0.25) is 0 Å². The highest BCUT2D eigenvalue weighted by Crippen LogP contribution is 2.32. The van der Waals surface area contributed by atoms with Crippen LogP contribution < -0.4 is 5.73 Å². The number of rotatable bonds is 4. The Labute approximate surface area is 106 Å². The SMILES string of the molecule is CCC(C)(C(N)C1CCOC1)N1CCCCC1. The van der Waals surface area contributed by atoms with E-state index >= 15 is 0 Å². The molecule has 2 fully saturated rings. The fourth-order valence-electron chi connectivity index (χ4n) is 3.42. The molecule has 0 radical (unpaired) electrons. The van der Waals surface area contributed by atoms with E-state index in [1.165, 1.54) is 32.4 Å². The van der Waals surface area contributed by atoms with Crippen LogP contribution in [0.25, 0.3) is 0 Å². The van der Waals surface area contributed by atoms with Crippen molar-refractivity contribution in [2.75, 3.05) is 26.3 Å². The van der Waals surface area contributed by atoms with Crippen LogP contribution in [-0.2, 0) is 4.74 Å². The van der Waals surface area contributed by atoms with E-state index in [0.717, 1.165) is 26.1 Å². The average Bonchev–Trinajstić information content (AvgIpc) is 2.92. The molecule has 2 aliphatic heterocycles. The Morgan fingerprint density at radius 2 is 2.06 bits per heavy atom. The van der Waals surface area contributed by atoms with Crippen LogP contribution in [0, 0.1) is 5.92 Å². The van der Waals surface area contributed by atoms with E-state index in [0.29, 0.717) is 5.92 Å². The fourth-order valence-corrected chi connectivity index (χ4v) is 3.42. The second-order valence-electron chi connectivity index (χ2n) is 5.91. The zero-order valence-corrected chi connectivity index (χ0v) is 11.5. The highest BCUT2D eigenvalue weighted by Gasteiger charge is 2.41. The van der Waals surface area contributed by atoms with Gasteiger partial charge in [-0.3, -0.25) is 4.90 Å². The summed E-state index contributed by atoms with van der Waals surface area (Å²) in [6, 6.07) is 0.258. The Morgan fingerprint density at radius 3 is 2.59 bits per heavy atom. The minimum Gasteiger partial charge on any atom is -0.381 e. The van der Waals surface area contributed by atoms with Gasteiger partial charge in [-0.1, -0.05) is 13.3 Å². The van der Waals surface area contributed by atoms with Gasteiger partial charge in [-0.25, -0.2) is 0 Å². The predicted molar refractivity (Wildman–Crippen MR) is 71.0 cm³/mol. The van der Waals surface area contributed by atoms with Gasteiger partial charge < -0.3 is 10.5 Å². The van der Waals surface area contributed by atoms with Crippen LogP contribution in [0.1, 0.15) is 46.0 Å². The van der Waals surface area contributed by atoms with Crippen molar-refractivity contribution in [2.45, 2.75) is 57.5 Å². The van der Waals surface area contributed by atoms with Gasteiger partial charge in [0.1, 0.15) is 0 Å². The minimum atomic E-state index is 0.165. The van der Waals surface area contributed by atoms with E-state index in [1.54, 1.807) is 0 Å². The van der Waals surface area contributed by atoms with Gasteiger partial charge in [0.05, 0.1) is 6.61 Å².